The summed E-state index contributed by atoms with van der Waals surface area (Å²) in [7, 11) is 0. The van der Waals surface area contributed by atoms with Gasteiger partial charge in [0.2, 0.25) is 5.91 Å². The summed E-state index contributed by atoms with van der Waals surface area (Å²) in [5, 5.41) is 3.01. The second kappa shape index (κ2) is 5.65. The molecule has 2 aliphatic rings. The summed E-state index contributed by atoms with van der Waals surface area (Å²) in [5.74, 6) is -1.12. The second-order valence-corrected chi connectivity index (χ2v) is 6.33. The Bertz CT molecular complexity index is 604. The van der Waals surface area contributed by atoms with Gasteiger partial charge in [0.15, 0.2) is 16.7 Å². The molecule has 1 amide bonds. The fraction of sp³-hybridized carbons (Fsp3) is 0.571. The normalized spacial score (nSPS) is 24.7. The van der Waals surface area contributed by atoms with Crippen molar-refractivity contribution in [2.75, 3.05) is 11.9 Å². The third kappa shape index (κ3) is 2.75. The maximum absolute atomic E-state index is 12.5. The van der Waals surface area contributed by atoms with E-state index in [0.717, 1.165) is 17.8 Å². The number of thiazole rings is 1. The van der Waals surface area contributed by atoms with Crippen molar-refractivity contribution in [3.05, 3.63) is 10.6 Å². The first-order valence-electron chi connectivity index (χ1n) is 7.03. The highest BCUT2D eigenvalue weighted by Crippen LogP contribution is 2.34. The van der Waals surface area contributed by atoms with Gasteiger partial charge in [-0.3, -0.25) is 14.4 Å². The topological polar surface area (TPSA) is 85.4 Å². The highest BCUT2D eigenvalue weighted by Gasteiger charge is 2.39. The molecule has 1 N–H and O–H groups in total. The minimum absolute atomic E-state index is 0.0994. The minimum Gasteiger partial charge on any atom is -0.370 e. The molecule has 1 aliphatic carbocycles. The zero-order chi connectivity index (χ0) is 15.0. The van der Waals surface area contributed by atoms with Crippen molar-refractivity contribution in [2.45, 2.75) is 38.7 Å². The van der Waals surface area contributed by atoms with Crippen LogP contribution in [-0.4, -0.2) is 35.2 Å². The van der Waals surface area contributed by atoms with Crippen molar-refractivity contribution in [1.29, 1.82) is 0 Å². The number of carbonyl (C=O) groups excluding carboxylic acids is 3. The number of nitrogens with zero attached hydrogens (tertiary/aromatic N) is 1. The zero-order valence-corrected chi connectivity index (χ0v) is 12.5. The van der Waals surface area contributed by atoms with Crippen molar-refractivity contribution in [1.82, 2.24) is 4.98 Å². The van der Waals surface area contributed by atoms with E-state index in [9.17, 15) is 14.4 Å². The largest absolute Gasteiger partial charge is 0.370 e. The third-order valence-corrected chi connectivity index (χ3v) is 4.81. The zero-order valence-electron chi connectivity index (χ0n) is 11.7. The van der Waals surface area contributed by atoms with Crippen LogP contribution in [0.5, 0.6) is 0 Å². The van der Waals surface area contributed by atoms with Crippen LogP contribution in [0.4, 0.5) is 5.13 Å². The van der Waals surface area contributed by atoms with Crippen LogP contribution in [0.25, 0.3) is 0 Å². The molecule has 1 saturated heterocycles. The van der Waals surface area contributed by atoms with Crippen molar-refractivity contribution >= 4 is 33.9 Å². The first-order chi connectivity index (χ1) is 10.1. The van der Waals surface area contributed by atoms with Gasteiger partial charge in [0.25, 0.3) is 0 Å². The summed E-state index contributed by atoms with van der Waals surface area (Å²) < 4.78 is 5.39. The van der Waals surface area contributed by atoms with Crippen LogP contribution >= 0.6 is 11.3 Å². The smallest absolute Gasteiger partial charge is 0.223 e. The fourth-order valence-corrected chi connectivity index (χ4v) is 3.84. The number of rotatable bonds is 3. The molecule has 7 heteroatoms. The molecule has 1 aromatic heterocycles. The van der Waals surface area contributed by atoms with Gasteiger partial charge >= 0.3 is 0 Å². The van der Waals surface area contributed by atoms with Gasteiger partial charge in [0.05, 0.1) is 16.5 Å². The van der Waals surface area contributed by atoms with Gasteiger partial charge in [-0.15, -0.1) is 0 Å². The van der Waals surface area contributed by atoms with Crippen molar-refractivity contribution in [3.8, 4) is 0 Å². The lowest BCUT2D eigenvalue weighted by Gasteiger charge is -2.21. The average Bonchev–Trinajstić information content (AvgIpc) is 3.06. The SMILES string of the molecule is CC(=O)Nc1nc2c(s1)C(=O)[C@H](C(=O)C1CCCO1)CC2. The highest BCUT2D eigenvalue weighted by molar-refractivity contribution is 7.17. The lowest BCUT2D eigenvalue weighted by atomic mass is 9.84. The molecule has 6 nitrogen and oxygen atoms in total. The number of aryl methyl sites for hydroxylation is 1. The van der Waals surface area contributed by atoms with E-state index < -0.39 is 12.0 Å². The first-order valence-corrected chi connectivity index (χ1v) is 7.84. The molecular formula is C14H16N2O4S. The lowest BCUT2D eigenvalue weighted by Crippen LogP contribution is -2.35. The molecule has 21 heavy (non-hydrogen) atoms. The van der Waals surface area contributed by atoms with Gasteiger partial charge in [-0.2, -0.15) is 0 Å². The average molecular weight is 308 g/mol. The Labute approximate surface area is 125 Å². The molecule has 2 atom stereocenters. The molecule has 3 rings (SSSR count). The number of Topliss-reactive ketones (excluding diaryl/α,β-unsaturated/α-hetero) is 2. The number of hydrogen-bond donors (Lipinski definition) is 1. The van der Waals surface area contributed by atoms with Crippen molar-refractivity contribution in [2.24, 2.45) is 5.92 Å². The van der Waals surface area contributed by atoms with E-state index in [1.807, 2.05) is 0 Å². The molecule has 1 aromatic rings. The van der Waals surface area contributed by atoms with Gasteiger partial charge in [-0.1, -0.05) is 11.3 Å². The number of anilines is 1. The summed E-state index contributed by atoms with van der Waals surface area (Å²) in [6.45, 7) is 1.99. The molecule has 0 bridgehead atoms. The Morgan fingerprint density at radius 2 is 2.19 bits per heavy atom. The molecule has 112 valence electrons. The molecule has 0 aromatic carbocycles. The Kier molecular flexibility index (Phi) is 3.86. The van der Waals surface area contributed by atoms with Crippen molar-refractivity contribution in [3.63, 3.8) is 0 Å². The van der Waals surface area contributed by atoms with Crippen LogP contribution in [0.2, 0.25) is 0 Å². The van der Waals surface area contributed by atoms with Gasteiger partial charge in [0, 0.05) is 13.5 Å². The number of hydrogen-bond acceptors (Lipinski definition) is 6. The number of amides is 1. The summed E-state index contributed by atoms with van der Waals surface area (Å²) in [6.07, 6.45) is 2.21. The molecule has 1 fully saturated rings. The van der Waals surface area contributed by atoms with Gasteiger partial charge in [0.1, 0.15) is 6.10 Å². The Hall–Kier alpha value is -1.60. The summed E-state index contributed by atoms with van der Waals surface area (Å²) in [6, 6.07) is 0. The predicted octanol–water partition coefficient (Wildman–Crippen LogP) is 1.59. The van der Waals surface area contributed by atoms with Crippen LogP contribution in [-0.2, 0) is 20.7 Å². The van der Waals surface area contributed by atoms with Crippen LogP contribution in [0.15, 0.2) is 0 Å². The molecule has 0 spiro atoms. The van der Waals surface area contributed by atoms with E-state index in [-0.39, 0.29) is 17.5 Å². The number of aromatic nitrogens is 1. The molecule has 1 unspecified atom stereocenters. The number of ether oxygens (including phenoxy) is 1. The summed E-state index contributed by atoms with van der Waals surface area (Å²) in [4.78, 5) is 40.7. The second-order valence-electron chi connectivity index (χ2n) is 5.34. The van der Waals surface area contributed by atoms with E-state index in [0.29, 0.717) is 41.6 Å². The standard InChI is InChI=1S/C14H16N2O4S/c1-7(17)15-14-16-9-5-4-8(12(19)13(9)21-14)11(18)10-3-2-6-20-10/h8,10H,2-6H2,1H3,(H,15,16,17)/t8-,10?/m0/s1. The van der Waals surface area contributed by atoms with E-state index in [4.69, 9.17) is 4.74 Å². The summed E-state index contributed by atoms with van der Waals surface area (Å²) in [5.41, 5.74) is 0.685. The Morgan fingerprint density at radius 1 is 1.38 bits per heavy atom. The number of ketones is 2. The molecule has 0 saturated carbocycles. The van der Waals surface area contributed by atoms with Gasteiger partial charge < -0.3 is 10.1 Å². The maximum Gasteiger partial charge on any atom is 0.223 e. The minimum atomic E-state index is -0.619. The Morgan fingerprint density at radius 3 is 2.86 bits per heavy atom. The first kappa shape index (κ1) is 14.3. The van der Waals surface area contributed by atoms with Crippen LogP contribution in [0, 0.1) is 5.92 Å². The van der Waals surface area contributed by atoms with Crippen LogP contribution in [0.3, 0.4) is 0 Å². The van der Waals surface area contributed by atoms with E-state index >= 15 is 0 Å². The molecule has 2 heterocycles. The monoisotopic (exact) mass is 308 g/mol. The molecule has 0 radical (unpaired) electrons. The lowest BCUT2D eigenvalue weighted by molar-refractivity contribution is -0.130. The number of fused-ring (bicyclic) bond motifs is 1. The summed E-state index contributed by atoms with van der Waals surface area (Å²) >= 11 is 1.15. The van der Waals surface area contributed by atoms with Crippen LogP contribution in [0.1, 0.15) is 41.6 Å². The van der Waals surface area contributed by atoms with E-state index in [1.165, 1.54) is 6.92 Å². The maximum atomic E-state index is 12.5. The highest BCUT2D eigenvalue weighted by atomic mass is 32.1. The number of nitrogens with one attached hydrogen (secondary N) is 1. The van der Waals surface area contributed by atoms with Crippen molar-refractivity contribution < 1.29 is 19.1 Å². The predicted molar refractivity (Wildman–Crippen MR) is 76.5 cm³/mol. The fourth-order valence-electron chi connectivity index (χ4n) is 2.79. The quantitative estimate of drug-likeness (QED) is 0.857. The molecular weight excluding hydrogens is 292 g/mol. The Balaban J connectivity index is 1.79. The van der Waals surface area contributed by atoms with Gasteiger partial charge in [-0.25, -0.2) is 4.98 Å². The third-order valence-electron chi connectivity index (χ3n) is 3.78. The van der Waals surface area contributed by atoms with Crippen LogP contribution < -0.4 is 5.32 Å². The molecule has 1 aliphatic heterocycles. The number of carbonyl (C=O) groups is 3. The van der Waals surface area contributed by atoms with Gasteiger partial charge in [-0.05, 0) is 25.7 Å². The van der Waals surface area contributed by atoms with E-state index in [2.05, 4.69) is 10.3 Å². The van der Waals surface area contributed by atoms with E-state index in [1.54, 1.807) is 0 Å².